The smallest absolute Gasteiger partial charge is 0.305 e. The Labute approximate surface area is 141 Å². The highest BCUT2D eigenvalue weighted by molar-refractivity contribution is 5.68. The number of methoxy groups -OCH3 is 1. The van der Waals surface area contributed by atoms with Crippen molar-refractivity contribution in [2.75, 3.05) is 7.11 Å². The zero-order valence-corrected chi connectivity index (χ0v) is 15.2. The molecule has 0 atom stereocenters. The third kappa shape index (κ3) is 16.0. The number of ether oxygens (including phenoxy) is 1. The lowest BCUT2D eigenvalue weighted by Gasteiger charge is -2.15. The van der Waals surface area contributed by atoms with Crippen molar-refractivity contribution < 1.29 is 18.3 Å². The number of rotatable bonds is 16. The van der Waals surface area contributed by atoms with E-state index in [1.54, 1.807) is 0 Å². The molecule has 0 spiro atoms. The van der Waals surface area contributed by atoms with Crippen molar-refractivity contribution in [3.8, 4) is 0 Å². The summed E-state index contributed by atoms with van der Waals surface area (Å²) >= 11 is 0. The van der Waals surface area contributed by atoms with Crippen LogP contribution in [-0.2, 0) is 9.53 Å². The molecule has 0 aliphatic heterocycles. The molecule has 0 bridgehead atoms. The Morgan fingerprint density at radius 2 is 1.22 bits per heavy atom. The lowest BCUT2D eigenvalue weighted by atomic mass is 10.0. The maximum atomic E-state index is 13.6. The van der Waals surface area contributed by atoms with Crippen molar-refractivity contribution in [2.45, 2.75) is 109 Å². The summed E-state index contributed by atoms with van der Waals surface area (Å²) in [6.45, 7) is 2.09. The number of carbonyl (C=O) groups excluding carboxylic acids is 1. The molecule has 0 fully saturated rings. The van der Waals surface area contributed by atoms with Gasteiger partial charge in [-0.3, -0.25) is 4.79 Å². The highest BCUT2D eigenvalue weighted by atomic mass is 19.3. The van der Waals surface area contributed by atoms with E-state index in [1.165, 1.54) is 7.11 Å². The Hall–Kier alpha value is -0.670. The summed E-state index contributed by atoms with van der Waals surface area (Å²) in [6, 6.07) is 0. The second kappa shape index (κ2) is 14.9. The van der Waals surface area contributed by atoms with Crippen LogP contribution >= 0.6 is 0 Å². The van der Waals surface area contributed by atoms with Crippen molar-refractivity contribution in [1.82, 2.24) is 0 Å². The summed E-state index contributed by atoms with van der Waals surface area (Å²) in [5, 5.41) is 0. The van der Waals surface area contributed by atoms with E-state index in [0.29, 0.717) is 19.3 Å². The van der Waals surface area contributed by atoms with Gasteiger partial charge in [-0.25, -0.2) is 8.78 Å². The Morgan fingerprint density at radius 3 is 1.70 bits per heavy atom. The first-order valence-electron chi connectivity index (χ1n) is 9.46. The van der Waals surface area contributed by atoms with Crippen LogP contribution in [0, 0.1) is 0 Å². The number of alkyl halides is 2. The molecule has 0 heterocycles. The Balaban J connectivity index is 3.32. The molecule has 0 aromatic heterocycles. The van der Waals surface area contributed by atoms with Crippen LogP contribution in [0.15, 0.2) is 0 Å². The first kappa shape index (κ1) is 22.3. The van der Waals surface area contributed by atoms with Crippen LogP contribution in [0.25, 0.3) is 0 Å². The molecule has 0 saturated carbocycles. The predicted octanol–water partition coefficient (Wildman–Crippen LogP) is 6.67. The van der Waals surface area contributed by atoms with Crippen molar-refractivity contribution in [2.24, 2.45) is 0 Å². The van der Waals surface area contributed by atoms with Crippen molar-refractivity contribution >= 4 is 5.97 Å². The second-order valence-corrected chi connectivity index (χ2v) is 6.57. The number of halogens is 2. The third-order valence-corrected chi connectivity index (χ3v) is 4.30. The predicted molar refractivity (Wildman–Crippen MR) is 91.9 cm³/mol. The van der Waals surface area contributed by atoms with Crippen molar-refractivity contribution in [3.05, 3.63) is 0 Å². The zero-order valence-electron chi connectivity index (χ0n) is 15.2. The van der Waals surface area contributed by atoms with E-state index in [0.717, 1.165) is 64.2 Å². The molecular weight excluding hydrogens is 298 g/mol. The molecule has 4 heteroatoms. The Bertz CT molecular complexity index is 281. The average molecular weight is 334 g/mol. The fourth-order valence-electron chi connectivity index (χ4n) is 2.75. The first-order chi connectivity index (χ1) is 11.0. The molecule has 0 amide bonds. The van der Waals surface area contributed by atoms with Gasteiger partial charge in [0.1, 0.15) is 0 Å². The fourth-order valence-corrected chi connectivity index (χ4v) is 2.75. The third-order valence-electron chi connectivity index (χ3n) is 4.30. The summed E-state index contributed by atoms with van der Waals surface area (Å²) in [7, 11) is 1.41. The van der Waals surface area contributed by atoms with Crippen molar-refractivity contribution in [1.29, 1.82) is 0 Å². The minimum atomic E-state index is -2.46. The molecule has 0 aliphatic rings. The lowest BCUT2D eigenvalue weighted by Crippen LogP contribution is -2.15. The summed E-state index contributed by atoms with van der Waals surface area (Å²) in [6.07, 6.45) is 12.3. The van der Waals surface area contributed by atoms with E-state index in [4.69, 9.17) is 0 Å². The standard InChI is InChI=1S/C19H36F2O2/c1-3-4-5-13-16-19(20,21)17-14-11-9-7-6-8-10-12-15-18(22)23-2/h3-17H2,1-2H3. The number of unbranched alkanes of at least 4 members (excludes halogenated alkanes) is 10. The maximum Gasteiger partial charge on any atom is 0.305 e. The topological polar surface area (TPSA) is 26.3 Å². The van der Waals surface area contributed by atoms with Gasteiger partial charge in [-0.1, -0.05) is 64.7 Å². The highest BCUT2D eigenvalue weighted by Crippen LogP contribution is 2.28. The fraction of sp³-hybridized carbons (Fsp3) is 0.947. The quantitative estimate of drug-likeness (QED) is 0.233. The van der Waals surface area contributed by atoms with Crippen molar-refractivity contribution in [3.63, 3.8) is 0 Å². The van der Waals surface area contributed by atoms with Gasteiger partial charge < -0.3 is 4.74 Å². The van der Waals surface area contributed by atoms with E-state index in [1.807, 2.05) is 0 Å². The molecule has 0 aromatic rings. The van der Waals surface area contributed by atoms with Crippen LogP contribution in [0.2, 0.25) is 0 Å². The SMILES string of the molecule is CCCCCCC(F)(F)CCCCCCCCCCC(=O)OC. The maximum absolute atomic E-state index is 13.6. The van der Waals surface area contributed by atoms with E-state index < -0.39 is 5.92 Å². The van der Waals surface area contributed by atoms with Crippen LogP contribution in [0.1, 0.15) is 103 Å². The number of carbonyl (C=O) groups is 1. The Kier molecular flexibility index (Phi) is 14.5. The van der Waals surface area contributed by atoms with Crippen LogP contribution in [0.4, 0.5) is 8.78 Å². The van der Waals surface area contributed by atoms with Crippen LogP contribution < -0.4 is 0 Å². The van der Waals surface area contributed by atoms with Crippen LogP contribution in [0.3, 0.4) is 0 Å². The van der Waals surface area contributed by atoms with Gasteiger partial charge in [-0.15, -0.1) is 0 Å². The molecule has 0 unspecified atom stereocenters. The van der Waals surface area contributed by atoms with E-state index >= 15 is 0 Å². The number of hydrogen-bond acceptors (Lipinski definition) is 2. The van der Waals surface area contributed by atoms with E-state index in [9.17, 15) is 13.6 Å². The lowest BCUT2D eigenvalue weighted by molar-refractivity contribution is -0.140. The number of esters is 1. The molecule has 23 heavy (non-hydrogen) atoms. The normalized spacial score (nSPS) is 11.7. The van der Waals surface area contributed by atoms with Gasteiger partial charge in [-0.05, 0) is 19.3 Å². The molecular formula is C19H36F2O2. The minimum absolute atomic E-state index is 0.0538. The minimum Gasteiger partial charge on any atom is -0.469 e. The molecule has 0 aromatic carbocycles. The molecule has 0 saturated heterocycles. The van der Waals surface area contributed by atoms with Gasteiger partial charge in [0.25, 0.3) is 0 Å². The van der Waals surface area contributed by atoms with Gasteiger partial charge in [0.05, 0.1) is 7.11 Å². The molecule has 0 rings (SSSR count). The van der Waals surface area contributed by atoms with Gasteiger partial charge in [-0.2, -0.15) is 0 Å². The second-order valence-electron chi connectivity index (χ2n) is 6.57. The summed E-state index contributed by atoms with van der Waals surface area (Å²) in [5.41, 5.74) is 0. The van der Waals surface area contributed by atoms with Crippen LogP contribution in [-0.4, -0.2) is 19.0 Å². The van der Waals surface area contributed by atoms with Gasteiger partial charge >= 0.3 is 5.97 Å². The zero-order chi connectivity index (χ0) is 17.4. The summed E-state index contributed by atoms with van der Waals surface area (Å²) < 4.78 is 31.8. The van der Waals surface area contributed by atoms with Crippen LogP contribution in [0.5, 0.6) is 0 Å². The largest absolute Gasteiger partial charge is 0.469 e. The molecule has 0 radical (unpaired) electrons. The summed E-state index contributed by atoms with van der Waals surface area (Å²) in [5.74, 6) is -2.60. The molecule has 138 valence electrons. The van der Waals surface area contributed by atoms with E-state index in [-0.39, 0.29) is 18.8 Å². The first-order valence-corrected chi connectivity index (χ1v) is 9.46. The van der Waals surface area contributed by atoms with E-state index in [2.05, 4.69) is 11.7 Å². The average Bonchev–Trinajstić information content (AvgIpc) is 2.53. The molecule has 2 nitrogen and oxygen atoms in total. The van der Waals surface area contributed by atoms with Gasteiger partial charge in [0, 0.05) is 19.3 Å². The molecule has 0 aliphatic carbocycles. The number of hydrogen-bond donors (Lipinski definition) is 0. The molecule has 0 N–H and O–H groups in total. The van der Waals surface area contributed by atoms with Gasteiger partial charge in [0.15, 0.2) is 0 Å². The highest BCUT2D eigenvalue weighted by Gasteiger charge is 2.26. The monoisotopic (exact) mass is 334 g/mol. The van der Waals surface area contributed by atoms with Gasteiger partial charge in [0.2, 0.25) is 5.92 Å². The Morgan fingerprint density at radius 1 is 0.783 bits per heavy atom. The summed E-state index contributed by atoms with van der Waals surface area (Å²) in [4.78, 5) is 10.9.